The molecule has 0 aromatic heterocycles. The van der Waals surface area contributed by atoms with E-state index < -0.39 is 96.9 Å². The number of carboxylic acid groups (broad SMARTS) is 1. The second kappa shape index (κ2) is 24.1. The molecule has 0 bridgehead atoms. The third-order valence-electron chi connectivity index (χ3n) is 9.50. The number of esters is 1. The zero-order valence-electron chi connectivity index (χ0n) is 33.0. The molecule has 21 heteroatoms. The van der Waals surface area contributed by atoms with Crippen LogP contribution in [0.5, 0.6) is 0 Å². The van der Waals surface area contributed by atoms with Crippen LogP contribution in [0.3, 0.4) is 0 Å². The van der Waals surface area contributed by atoms with Gasteiger partial charge in [-0.25, -0.2) is 4.79 Å². The summed E-state index contributed by atoms with van der Waals surface area (Å²) in [6.45, 7) is 0.534. The Bertz CT molecular complexity index is 1700. The van der Waals surface area contributed by atoms with Crippen LogP contribution in [0.4, 0.5) is 26.3 Å². The van der Waals surface area contributed by atoms with Crippen LogP contribution in [0.15, 0.2) is 60.7 Å². The molecule has 15 nitrogen and oxygen atoms in total. The minimum absolute atomic E-state index is 0.00325. The Morgan fingerprint density at radius 3 is 1.70 bits per heavy atom. The Kier molecular flexibility index (Phi) is 20.4. The Labute approximate surface area is 343 Å². The molecule has 1 aliphatic heterocycles. The molecular weight excluding hydrogens is 808 g/mol. The van der Waals surface area contributed by atoms with Crippen LogP contribution in [0.2, 0.25) is 0 Å². The van der Waals surface area contributed by atoms with Gasteiger partial charge in [0.05, 0.1) is 13.2 Å². The van der Waals surface area contributed by atoms with Gasteiger partial charge in [-0.3, -0.25) is 24.0 Å². The van der Waals surface area contributed by atoms with Crippen LogP contribution in [-0.2, 0) is 46.3 Å². The van der Waals surface area contributed by atoms with E-state index in [4.69, 9.17) is 31.8 Å². The first-order valence-corrected chi connectivity index (χ1v) is 19.1. The van der Waals surface area contributed by atoms with Crippen molar-refractivity contribution in [1.82, 2.24) is 20.9 Å². The summed E-state index contributed by atoms with van der Waals surface area (Å²) in [4.78, 5) is 77.2. The van der Waals surface area contributed by atoms with Crippen molar-refractivity contribution in [2.45, 2.75) is 106 Å². The summed E-state index contributed by atoms with van der Waals surface area (Å²) in [5.74, 6) is -6.14. The number of likely N-dealkylation sites (tertiary alicyclic amines) is 1. The van der Waals surface area contributed by atoms with E-state index in [0.29, 0.717) is 24.9 Å². The highest BCUT2D eigenvalue weighted by Crippen LogP contribution is 2.24. The molecule has 334 valence electrons. The fourth-order valence-electron chi connectivity index (χ4n) is 6.12. The molecule has 4 amide bonds. The Morgan fingerprint density at radius 2 is 1.22 bits per heavy atom. The van der Waals surface area contributed by atoms with E-state index >= 15 is 0 Å². The number of carbonyl (C=O) groups is 6. The number of aliphatic carboxylic acids is 1. The summed E-state index contributed by atoms with van der Waals surface area (Å²) in [5.41, 5.74) is 18.2. The second-order valence-corrected chi connectivity index (χ2v) is 14.2. The lowest BCUT2D eigenvalue weighted by atomic mass is 9.88. The van der Waals surface area contributed by atoms with E-state index in [1.54, 1.807) is 54.6 Å². The van der Waals surface area contributed by atoms with Gasteiger partial charge in [-0.1, -0.05) is 60.7 Å². The van der Waals surface area contributed by atoms with E-state index in [0.717, 1.165) is 5.56 Å². The fourth-order valence-corrected chi connectivity index (χ4v) is 6.12. The van der Waals surface area contributed by atoms with Crippen molar-refractivity contribution < 1.29 is 65.0 Å². The molecule has 0 spiro atoms. The van der Waals surface area contributed by atoms with Crippen LogP contribution in [0, 0.1) is 0 Å². The zero-order chi connectivity index (χ0) is 45.1. The topological polar surface area (TPSA) is 249 Å². The molecule has 1 saturated heterocycles. The lowest BCUT2D eigenvalue weighted by Crippen LogP contribution is -2.61. The SMILES string of the molecule is COC(=O)C1(N)CCN(C(=O)[C@@H](CCCCN)NC(=O)C(CCCC(F)(F)F)NC(=O)[C@@H](Cc2ccccc2)NC(=O)[C@H](N)Cc2ccccc2)CC1.O=C(O)C(F)(F)F. The maximum absolute atomic E-state index is 13.8. The third-order valence-corrected chi connectivity index (χ3v) is 9.50. The lowest BCUT2D eigenvalue weighted by molar-refractivity contribution is -0.192. The average molecular weight is 862 g/mol. The van der Waals surface area contributed by atoms with Crippen LogP contribution < -0.4 is 33.2 Å². The maximum atomic E-state index is 13.8. The van der Waals surface area contributed by atoms with Gasteiger partial charge in [0.2, 0.25) is 23.6 Å². The minimum atomic E-state index is -5.08. The minimum Gasteiger partial charge on any atom is -0.475 e. The quantitative estimate of drug-likeness (QED) is 0.0613. The highest BCUT2D eigenvalue weighted by Gasteiger charge is 2.41. The predicted octanol–water partition coefficient (Wildman–Crippen LogP) is 2.24. The van der Waals surface area contributed by atoms with Crippen molar-refractivity contribution in [2.24, 2.45) is 17.2 Å². The normalized spacial score (nSPS) is 15.8. The first-order chi connectivity index (χ1) is 28.1. The molecule has 0 radical (unpaired) electrons. The van der Waals surface area contributed by atoms with Crippen molar-refractivity contribution >= 4 is 35.6 Å². The molecule has 60 heavy (non-hydrogen) atoms. The summed E-state index contributed by atoms with van der Waals surface area (Å²) in [7, 11) is 1.22. The van der Waals surface area contributed by atoms with E-state index in [-0.39, 0.29) is 45.2 Å². The molecule has 2 aromatic rings. The number of amides is 4. The van der Waals surface area contributed by atoms with Gasteiger partial charge in [0.15, 0.2) is 0 Å². The van der Waals surface area contributed by atoms with Gasteiger partial charge in [-0.2, -0.15) is 26.3 Å². The second-order valence-electron chi connectivity index (χ2n) is 14.2. The maximum Gasteiger partial charge on any atom is 0.490 e. The molecule has 0 saturated carbocycles. The van der Waals surface area contributed by atoms with Gasteiger partial charge in [0.25, 0.3) is 0 Å². The number of carbonyl (C=O) groups excluding carboxylic acids is 5. The number of unbranched alkanes of at least 4 members (excludes halogenated alkanes) is 1. The number of hydrogen-bond acceptors (Lipinski definition) is 10. The van der Waals surface area contributed by atoms with Gasteiger partial charge < -0.3 is 47.9 Å². The van der Waals surface area contributed by atoms with Crippen LogP contribution >= 0.6 is 0 Å². The molecule has 10 N–H and O–H groups in total. The predicted molar refractivity (Wildman–Crippen MR) is 205 cm³/mol. The summed E-state index contributed by atoms with van der Waals surface area (Å²) in [5, 5.41) is 15.0. The largest absolute Gasteiger partial charge is 0.490 e. The van der Waals surface area contributed by atoms with E-state index in [9.17, 15) is 50.3 Å². The van der Waals surface area contributed by atoms with E-state index in [1.165, 1.54) is 12.0 Å². The standard InChI is InChI=1S/C37H52F3N7O6.C2HF3O2/c1-53-35(52)36(43)18-21-47(22-19-36)34(51)29(15-8-9-20-41)45-32(49)28(16-10-17-37(38,39)40)44-33(50)30(24-26-13-6-3-7-14-26)46-31(48)27(42)23-25-11-4-2-5-12-25;3-2(4,5)1(6)7/h2-7,11-14,27-30H,8-10,15-24,41-43H2,1H3,(H,44,50)(H,45,49)(H,46,48);(H,6,7)/t27-,28?,29-,30-;/m1./s1. The fraction of sp³-hybridized carbons (Fsp3) is 0.538. The summed E-state index contributed by atoms with van der Waals surface area (Å²) in [6, 6.07) is 12.9. The average Bonchev–Trinajstić information content (AvgIpc) is 3.19. The van der Waals surface area contributed by atoms with Crippen LogP contribution in [0.1, 0.15) is 62.5 Å². The molecule has 4 atom stereocenters. The highest BCUT2D eigenvalue weighted by molar-refractivity contribution is 5.95. The number of nitrogens with two attached hydrogens (primary N) is 3. The van der Waals surface area contributed by atoms with Gasteiger partial charge in [0.1, 0.15) is 23.7 Å². The summed E-state index contributed by atoms with van der Waals surface area (Å²) < 4.78 is 76.1. The Balaban J connectivity index is 0.00000162. The lowest BCUT2D eigenvalue weighted by Gasteiger charge is -2.38. The number of halogens is 6. The number of hydrogen-bond donors (Lipinski definition) is 7. The third kappa shape index (κ3) is 17.9. The van der Waals surface area contributed by atoms with E-state index in [2.05, 4.69) is 16.0 Å². The van der Waals surface area contributed by atoms with Crippen LogP contribution in [0.25, 0.3) is 0 Å². The van der Waals surface area contributed by atoms with Crippen LogP contribution in [-0.4, -0.2) is 114 Å². The number of alkyl halides is 6. The molecule has 3 rings (SSSR count). The number of rotatable bonds is 19. The summed E-state index contributed by atoms with van der Waals surface area (Å²) in [6.07, 6.45) is -10.1. The monoisotopic (exact) mass is 861 g/mol. The molecule has 1 aliphatic rings. The molecular formula is C39H53F6N7O8. The Hall–Kier alpha value is -5.28. The number of nitrogens with one attached hydrogen (secondary N) is 3. The highest BCUT2D eigenvalue weighted by atomic mass is 19.4. The number of nitrogens with zero attached hydrogens (tertiary/aromatic N) is 1. The van der Waals surface area contributed by atoms with Crippen molar-refractivity contribution in [3.8, 4) is 0 Å². The zero-order valence-corrected chi connectivity index (χ0v) is 33.0. The number of ether oxygens (including phenoxy) is 1. The number of piperidine rings is 1. The van der Waals surface area contributed by atoms with Crippen molar-refractivity contribution in [3.63, 3.8) is 0 Å². The molecule has 1 unspecified atom stereocenters. The van der Waals surface area contributed by atoms with Crippen molar-refractivity contribution in [1.29, 1.82) is 0 Å². The molecule has 1 heterocycles. The molecule has 0 aliphatic carbocycles. The summed E-state index contributed by atoms with van der Waals surface area (Å²) >= 11 is 0. The van der Waals surface area contributed by atoms with Gasteiger partial charge in [0, 0.05) is 25.9 Å². The van der Waals surface area contributed by atoms with Gasteiger partial charge in [-0.05, 0) is 69.0 Å². The molecule has 1 fully saturated rings. The number of benzene rings is 2. The molecule has 2 aromatic carbocycles. The number of methoxy groups -OCH3 is 1. The first-order valence-electron chi connectivity index (χ1n) is 19.1. The van der Waals surface area contributed by atoms with Gasteiger partial charge >= 0.3 is 24.3 Å². The van der Waals surface area contributed by atoms with Crippen molar-refractivity contribution in [3.05, 3.63) is 71.8 Å². The van der Waals surface area contributed by atoms with E-state index in [1.807, 2.05) is 6.07 Å². The number of carboxylic acids is 1. The van der Waals surface area contributed by atoms with Crippen molar-refractivity contribution in [2.75, 3.05) is 26.7 Å². The first kappa shape index (κ1) is 50.9. The smallest absolute Gasteiger partial charge is 0.475 e. The van der Waals surface area contributed by atoms with Gasteiger partial charge in [-0.15, -0.1) is 0 Å². The Morgan fingerprint density at radius 1 is 0.750 bits per heavy atom.